The average Bonchev–Trinajstić information content (AvgIpc) is 3.37. The number of rotatable bonds is 6. The van der Waals surface area contributed by atoms with E-state index in [-0.39, 0.29) is 29.9 Å². The lowest BCUT2D eigenvalue weighted by Gasteiger charge is -2.32. The van der Waals surface area contributed by atoms with Crippen LogP contribution in [0.2, 0.25) is 0 Å². The summed E-state index contributed by atoms with van der Waals surface area (Å²) in [6, 6.07) is 14.6. The maximum absolute atomic E-state index is 13.0. The normalized spacial score (nSPS) is 14.4. The van der Waals surface area contributed by atoms with E-state index < -0.39 is 6.36 Å². The van der Waals surface area contributed by atoms with Crippen LogP contribution in [0.3, 0.4) is 0 Å². The Labute approximate surface area is 215 Å². The van der Waals surface area contributed by atoms with E-state index in [4.69, 9.17) is 0 Å². The lowest BCUT2D eigenvalue weighted by atomic mass is 9.89. The minimum Gasteiger partial charge on any atom is -0.406 e. The van der Waals surface area contributed by atoms with Crippen LogP contribution in [0.5, 0.6) is 5.75 Å². The molecule has 2 aromatic carbocycles. The summed E-state index contributed by atoms with van der Waals surface area (Å²) >= 11 is 0. The monoisotopic (exact) mass is 523 g/mol. The maximum atomic E-state index is 13.0. The van der Waals surface area contributed by atoms with Gasteiger partial charge in [0.1, 0.15) is 11.3 Å². The van der Waals surface area contributed by atoms with Crippen molar-refractivity contribution in [3.05, 3.63) is 83.9 Å². The van der Waals surface area contributed by atoms with Crippen LogP contribution in [0.4, 0.5) is 18.9 Å². The first-order chi connectivity index (χ1) is 18.2. The van der Waals surface area contributed by atoms with Gasteiger partial charge in [-0.2, -0.15) is 0 Å². The number of piperidine rings is 1. The van der Waals surface area contributed by atoms with E-state index in [9.17, 15) is 22.8 Å². The molecule has 0 atom stereocenters. The molecule has 2 amide bonds. The average molecular weight is 524 g/mol. The molecule has 3 heterocycles. The SMILES string of the molecule is O=C(Cc1cccc(OC(F)(F)F)c1)Nc1ccc(C2CCN(C(=O)c3nccc4[nH]cnc34)CC2)cc1. The molecule has 1 saturated heterocycles. The molecule has 0 unspecified atom stereocenters. The number of likely N-dealkylation sites (tertiary alicyclic amines) is 1. The predicted molar refractivity (Wildman–Crippen MR) is 134 cm³/mol. The molecule has 5 rings (SSSR count). The molecule has 38 heavy (non-hydrogen) atoms. The van der Waals surface area contributed by atoms with Gasteiger partial charge < -0.3 is 19.9 Å². The van der Waals surface area contributed by atoms with Crippen molar-refractivity contribution >= 4 is 28.5 Å². The number of alkyl halides is 3. The molecule has 196 valence electrons. The fraction of sp³-hybridized carbons (Fsp3) is 0.259. The third-order valence-corrected chi connectivity index (χ3v) is 6.49. The number of halogens is 3. The molecule has 2 N–H and O–H groups in total. The standard InChI is InChI=1S/C27H24F3N5O3/c28-27(29,30)38-21-3-1-2-17(14-21)15-23(36)34-20-6-4-18(5-7-20)19-9-12-35(13-10-19)26(37)25-24-22(8-11-31-25)32-16-33-24/h1-8,11,14,16,19H,9-10,12-13,15H2,(H,32,33)(H,34,36). The number of benzene rings is 2. The number of ether oxygens (including phenoxy) is 1. The van der Waals surface area contributed by atoms with Gasteiger partial charge >= 0.3 is 6.36 Å². The topological polar surface area (TPSA) is 100 Å². The minimum absolute atomic E-state index is 0.0931. The Morgan fingerprint density at radius 1 is 1.05 bits per heavy atom. The third kappa shape index (κ3) is 5.93. The Bertz CT molecular complexity index is 1440. The Kier molecular flexibility index (Phi) is 6.99. The Morgan fingerprint density at radius 2 is 1.82 bits per heavy atom. The van der Waals surface area contributed by atoms with Crippen molar-refractivity contribution in [1.29, 1.82) is 0 Å². The molecule has 1 fully saturated rings. The van der Waals surface area contributed by atoms with Crippen LogP contribution < -0.4 is 10.1 Å². The van der Waals surface area contributed by atoms with Crippen LogP contribution >= 0.6 is 0 Å². The van der Waals surface area contributed by atoms with Gasteiger partial charge in [-0.15, -0.1) is 13.2 Å². The fourth-order valence-electron chi connectivity index (χ4n) is 4.67. The molecule has 2 aromatic heterocycles. The number of aromatic nitrogens is 3. The number of hydrogen-bond donors (Lipinski definition) is 2. The molecule has 1 aliphatic rings. The highest BCUT2D eigenvalue weighted by atomic mass is 19.4. The third-order valence-electron chi connectivity index (χ3n) is 6.49. The molecule has 11 heteroatoms. The van der Waals surface area contributed by atoms with E-state index in [1.807, 2.05) is 12.1 Å². The van der Waals surface area contributed by atoms with Crippen molar-refractivity contribution in [1.82, 2.24) is 19.9 Å². The lowest BCUT2D eigenvalue weighted by molar-refractivity contribution is -0.274. The number of H-pyrrole nitrogens is 1. The van der Waals surface area contributed by atoms with Crippen LogP contribution in [0.25, 0.3) is 11.0 Å². The molecule has 8 nitrogen and oxygen atoms in total. The molecular formula is C27H24F3N5O3. The number of imidazole rings is 1. The fourth-order valence-corrected chi connectivity index (χ4v) is 4.67. The van der Waals surface area contributed by atoms with Crippen LogP contribution in [0.15, 0.2) is 67.1 Å². The van der Waals surface area contributed by atoms with Gasteiger partial charge in [-0.1, -0.05) is 24.3 Å². The van der Waals surface area contributed by atoms with Crippen molar-refractivity contribution < 1.29 is 27.5 Å². The first kappa shape index (κ1) is 25.2. The molecule has 1 aliphatic heterocycles. The van der Waals surface area contributed by atoms with Gasteiger partial charge in [0.25, 0.3) is 5.91 Å². The number of nitrogens with zero attached hydrogens (tertiary/aromatic N) is 3. The number of anilines is 1. The summed E-state index contributed by atoms with van der Waals surface area (Å²) in [5, 5.41) is 2.77. The van der Waals surface area contributed by atoms with E-state index in [1.165, 1.54) is 18.2 Å². The van der Waals surface area contributed by atoms with Gasteiger partial charge in [0.2, 0.25) is 5.91 Å². The van der Waals surface area contributed by atoms with E-state index in [2.05, 4.69) is 25.0 Å². The number of fused-ring (bicyclic) bond motifs is 1. The summed E-state index contributed by atoms with van der Waals surface area (Å²) in [5.41, 5.74) is 3.80. The minimum atomic E-state index is -4.79. The zero-order valence-corrected chi connectivity index (χ0v) is 20.2. The zero-order valence-electron chi connectivity index (χ0n) is 20.2. The lowest BCUT2D eigenvalue weighted by Crippen LogP contribution is -2.38. The van der Waals surface area contributed by atoms with Gasteiger partial charge in [-0.05, 0) is 60.2 Å². The smallest absolute Gasteiger partial charge is 0.406 e. The summed E-state index contributed by atoms with van der Waals surface area (Å²) in [4.78, 5) is 38.7. The number of aromatic amines is 1. The maximum Gasteiger partial charge on any atom is 0.573 e. The molecule has 0 aliphatic carbocycles. The van der Waals surface area contributed by atoms with E-state index in [0.717, 1.165) is 23.9 Å². The van der Waals surface area contributed by atoms with Crippen molar-refractivity contribution in [3.63, 3.8) is 0 Å². The van der Waals surface area contributed by atoms with Gasteiger partial charge in [0.15, 0.2) is 5.69 Å². The number of nitrogens with one attached hydrogen (secondary N) is 2. The highest BCUT2D eigenvalue weighted by molar-refractivity contribution is 6.02. The predicted octanol–water partition coefficient (Wildman–Crippen LogP) is 5.06. The number of carbonyl (C=O) groups excluding carboxylic acids is 2. The van der Waals surface area contributed by atoms with Crippen LogP contribution in [-0.4, -0.2) is 51.1 Å². The number of amides is 2. The number of pyridine rings is 1. The van der Waals surface area contributed by atoms with Crippen LogP contribution in [-0.2, 0) is 11.2 Å². The summed E-state index contributed by atoms with van der Waals surface area (Å²) in [7, 11) is 0. The molecule has 0 spiro atoms. The van der Waals surface area contributed by atoms with Gasteiger partial charge in [0.05, 0.1) is 18.3 Å². The Balaban J connectivity index is 1.14. The highest BCUT2D eigenvalue weighted by Gasteiger charge is 2.31. The second kappa shape index (κ2) is 10.5. The molecule has 0 saturated carbocycles. The highest BCUT2D eigenvalue weighted by Crippen LogP contribution is 2.30. The van der Waals surface area contributed by atoms with Gasteiger partial charge in [-0.25, -0.2) is 9.97 Å². The summed E-state index contributed by atoms with van der Waals surface area (Å²) in [5.74, 6) is -0.576. The first-order valence-corrected chi connectivity index (χ1v) is 12.1. The van der Waals surface area contributed by atoms with Crippen molar-refractivity contribution in [2.75, 3.05) is 18.4 Å². The number of hydrogen-bond acceptors (Lipinski definition) is 5. The Morgan fingerprint density at radius 3 is 2.55 bits per heavy atom. The summed E-state index contributed by atoms with van der Waals surface area (Å²) in [6.07, 6.45) is -0.147. The quantitative estimate of drug-likeness (QED) is 0.368. The van der Waals surface area contributed by atoms with E-state index in [1.54, 1.807) is 41.7 Å². The van der Waals surface area contributed by atoms with Crippen molar-refractivity contribution in [3.8, 4) is 5.75 Å². The summed E-state index contributed by atoms with van der Waals surface area (Å²) in [6.45, 7) is 1.20. The van der Waals surface area contributed by atoms with Crippen LogP contribution in [0.1, 0.15) is 40.4 Å². The largest absolute Gasteiger partial charge is 0.573 e. The summed E-state index contributed by atoms with van der Waals surface area (Å²) < 4.78 is 41.2. The van der Waals surface area contributed by atoms with Crippen LogP contribution in [0, 0.1) is 0 Å². The first-order valence-electron chi connectivity index (χ1n) is 12.1. The van der Waals surface area contributed by atoms with Gasteiger partial charge in [-0.3, -0.25) is 9.59 Å². The van der Waals surface area contributed by atoms with Gasteiger partial charge in [0, 0.05) is 25.0 Å². The second-order valence-corrected chi connectivity index (χ2v) is 9.07. The van der Waals surface area contributed by atoms with E-state index >= 15 is 0 Å². The second-order valence-electron chi connectivity index (χ2n) is 9.07. The molecule has 4 aromatic rings. The van der Waals surface area contributed by atoms with E-state index in [0.29, 0.717) is 35.6 Å². The van der Waals surface area contributed by atoms with Crippen molar-refractivity contribution in [2.45, 2.75) is 31.5 Å². The molecule has 0 radical (unpaired) electrons. The molecule has 0 bridgehead atoms. The number of carbonyl (C=O) groups is 2. The van der Waals surface area contributed by atoms with Crippen molar-refractivity contribution in [2.24, 2.45) is 0 Å². The molecular weight excluding hydrogens is 499 g/mol. The zero-order chi connectivity index (χ0) is 26.7. The Hall–Kier alpha value is -4.41.